The van der Waals surface area contributed by atoms with Crippen molar-refractivity contribution >= 4 is 17.3 Å². The van der Waals surface area contributed by atoms with Crippen LogP contribution < -0.4 is 20.1 Å². The van der Waals surface area contributed by atoms with Gasteiger partial charge in [-0.05, 0) is 49.2 Å². The first-order valence-corrected chi connectivity index (χ1v) is 8.68. The molecule has 0 bridgehead atoms. The molecule has 0 aromatic heterocycles. The van der Waals surface area contributed by atoms with E-state index in [4.69, 9.17) is 14.2 Å². The van der Waals surface area contributed by atoms with E-state index in [1.165, 1.54) is 0 Å². The highest BCUT2D eigenvalue weighted by molar-refractivity contribution is 6.04. The van der Waals surface area contributed by atoms with Gasteiger partial charge in [-0.15, -0.1) is 0 Å². The van der Waals surface area contributed by atoms with Crippen LogP contribution in [0, 0.1) is 0 Å². The fraction of sp³-hybridized carbons (Fsp3) is 0.350. The molecule has 1 amide bonds. The summed E-state index contributed by atoms with van der Waals surface area (Å²) >= 11 is 0. The van der Waals surface area contributed by atoms with Gasteiger partial charge in [0.25, 0.3) is 5.91 Å². The number of rotatable bonds is 7. The molecule has 1 atom stereocenters. The van der Waals surface area contributed by atoms with E-state index >= 15 is 0 Å². The molecule has 0 aliphatic carbocycles. The summed E-state index contributed by atoms with van der Waals surface area (Å²) in [5.41, 5.74) is 2.20. The smallest absolute Gasteiger partial charge is 0.255 e. The molecule has 138 valence electrons. The van der Waals surface area contributed by atoms with Crippen molar-refractivity contribution in [3.63, 3.8) is 0 Å². The minimum Gasteiger partial charge on any atom is -0.497 e. The van der Waals surface area contributed by atoms with E-state index < -0.39 is 0 Å². The van der Waals surface area contributed by atoms with Gasteiger partial charge in [0.05, 0.1) is 20.3 Å². The molecule has 1 heterocycles. The zero-order valence-corrected chi connectivity index (χ0v) is 15.1. The molecule has 2 aromatic carbocycles. The van der Waals surface area contributed by atoms with Gasteiger partial charge in [-0.3, -0.25) is 4.79 Å². The minimum atomic E-state index is -0.220. The van der Waals surface area contributed by atoms with Gasteiger partial charge in [-0.2, -0.15) is 0 Å². The summed E-state index contributed by atoms with van der Waals surface area (Å²) < 4.78 is 16.0. The quantitative estimate of drug-likeness (QED) is 0.794. The average Bonchev–Trinajstić information content (AvgIpc) is 3.20. The van der Waals surface area contributed by atoms with Gasteiger partial charge in [0.15, 0.2) is 0 Å². The largest absolute Gasteiger partial charge is 0.497 e. The minimum absolute atomic E-state index is 0.220. The molecule has 1 aliphatic heterocycles. The molecular weight excluding hydrogens is 332 g/mol. The Morgan fingerprint density at radius 2 is 1.73 bits per heavy atom. The number of carbonyl (C=O) groups is 1. The summed E-state index contributed by atoms with van der Waals surface area (Å²) in [6.07, 6.45) is 2.52. The fourth-order valence-electron chi connectivity index (χ4n) is 2.85. The number of methoxy groups -OCH3 is 2. The Balaban J connectivity index is 1.60. The lowest BCUT2D eigenvalue weighted by molar-refractivity contribution is 0.102. The van der Waals surface area contributed by atoms with Crippen molar-refractivity contribution in [2.24, 2.45) is 0 Å². The van der Waals surface area contributed by atoms with Crippen molar-refractivity contribution in [2.75, 3.05) is 38.0 Å². The maximum absolute atomic E-state index is 12.5. The Kier molecular flexibility index (Phi) is 5.96. The van der Waals surface area contributed by atoms with Crippen LogP contribution in [0.5, 0.6) is 11.5 Å². The van der Waals surface area contributed by atoms with Crippen LogP contribution in [-0.4, -0.2) is 39.4 Å². The molecule has 6 nitrogen and oxygen atoms in total. The molecule has 1 fully saturated rings. The van der Waals surface area contributed by atoms with E-state index in [0.29, 0.717) is 17.1 Å². The second-order valence-electron chi connectivity index (χ2n) is 6.15. The SMILES string of the molecule is COc1cc(OC)cc(C(=O)Nc2ccc(NCC3CCCO3)cc2)c1. The maximum Gasteiger partial charge on any atom is 0.255 e. The predicted octanol–water partition coefficient (Wildman–Crippen LogP) is 3.55. The van der Waals surface area contributed by atoms with Crippen LogP contribution in [0.2, 0.25) is 0 Å². The average molecular weight is 356 g/mol. The Hall–Kier alpha value is -2.73. The van der Waals surface area contributed by atoms with Gasteiger partial charge in [-0.25, -0.2) is 0 Å². The monoisotopic (exact) mass is 356 g/mol. The molecule has 0 spiro atoms. The van der Waals surface area contributed by atoms with Gasteiger partial charge < -0.3 is 24.8 Å². The number of benzene rings is 2. The number of nitrogens with one attached hydrogen (secondary N) is 2. The highest BCUT2D eigenvalue weighted by Gasteiger charge is 2.15. The van der Waals surface area contributed by atoms with Gasteiger partial charge in [-0.1, -0.05) is 0 Å². The van der Waals surface area contributed by atoms with Crippen LogP contribution in [0.4, 0.5) is 11.4 Å². The Bertz CT molecular complexity index is 718. The summed E-state index contributed by atoms with van der Waals surface area (Å²) in [7, 11) is 3.11. The van der Waals surface area contributed by atoms with Crippen molar-refractivity contribution in [1.82, 2.24) is 0 Å². The van der Waals surface area contributed by atoms with Gasteiger partial charge in [0, 0.05) is 36.2 Å². The Labute approximate surface area is 153 Å². The van der Waals surface area contributed by atoms with Crippen LogP contribution >= 0.6 is 0 Å². The number of anilines is 2. The van der Waals surface area contributed by atoms with E-state index in [2.05, 4.69) is 10.6 Å². The zero-order valence-electron chi connectivity index (χ0n) is 15.1. The van der Waals surface area contributed by atoms with Crippen LogP contribution in [-0.2, 0) is 4.74 Å². The van der Waals surface area contributed by atoms with E-state index in [0.717, 1.165) is 37.4 Å². The first kappa shape index (κ1) is 18.1. The van der Waals surface area contributed by atoms with Crippen molar-refractivity contribution in [2.45, 2.75) is 18.9 Å². The number of hydrogen-bond acceptors (Lipinski definition) is 5. The molecule has 1 unspecified atom stereocenters. The third-order valence-electron chi connectivity index (χ3n) is 4.31. The van der Waals surface area contributed by atoms with Crippen molar-refractivity contribution in [3.8, 4) is 11.5 Å². The van der Waals surface area contributed by atoms with Gasteiger partial charge in [0.1, 0.15) is 11.5 Å². The highest BCUT2D eigenvalue weighted by Crippen LogP contribution is 2.23. The number of hydrogen-bond donors (Lipinski definition) is 2. The van der Waals surface area contributed by atoms with Crippen LogP contribution in [0.1, 0.15) is 23.2 Å². The van der Waals surface area contributed by atoms with E-state index in [1.807, 2.05) is 24.3 Å². The molecule has 3 rings (SSSR count). The van der Waals surface area contributed by atoms with Crippen LogP contribution in [0.25, 0.3) is 0 Å². The normalized spacial score (nSPS) is 16.2. The fourth-order valence-corrected chi connectivity index (χ4v) is 2.85. The molecular formula is C20H24N2O4. The third kappa shape index (κ3) is 4.67. The Morgan fingerprint density at radius 3 is 2.31 bits per heavy atom. The molecule has 2 aromatic rings. The van der Waals surface area contributed by atoms with E-state index in [-0.39, 0.29) is 12.0 Å². The third-order valence-corrected chi connectivity index (χ3v) is 4.31. The van der Waals surface area contributed by atoms with Gasteiger partial charge >= 0.3 is 0 Å². The lowest BCUT2D eigenvalue weighted by Crippen LogP contribution is -2.18. The first-order valence-electron chi connectivity index (χ1n) is 8.68. The lowest BCUT2D eigenvalue weighted by atomic mass is 10.1. The highest BCUT2D eigenvalue weighted by atomic mass is 16.5. The maximum atomic E-state index is 12.5. The first-order chi connectivity index (χ1) is 12.7. The summed E-state index contributed by atoms with van der Waals surface area (Å²) in [6, 6.07) is 12.7. The molecule has 2 N–H and O–H groups in total. The molecule has 1 aliphatic rings. The van der Waals surface area contributed by atoms with Gasteiger partial charge in [0.2, 0.25) is 0 Å². The molecule has 0 saturated carbocycles. The van der Waals surface area contributed by atoms with E-state index in [9.17, 15) is 4.79 Å². The lowest BCUT2D eigenvalue weighted by Gasteiger charge is -2.13. The standard InChI is InChI=1S/C20H24N2O4/c1-24-18-10-14(11-19(12-18)25-2)20(23)22-16-7-5-15(6-8-16)21-13-17-4-3-9-26-17/h5-8,10-12,17,21H,3-4,9,13H2,1-2H3,(H,22,23). The second-order valence-corrected chi connectivity index (χ2v) is 6.15. The predicted molar refractivity (Wildman–Crippen MR) is 101 cm³/mol. The zero-order chi connectivity index (χ0) is 18.4. The topological polar surface area (TPSA) is 68.8 Å². The Morgan fingerprint density at radius 1 is 1.08 bits per heavy atom. The molecule has 26 heavy (non-hydrogen) atoms. The summed E-state index contributed by atoms with van der Waals surface area (Å²) in [4.78, 5) is 12.5. The number of amides is 1. The van der Waals surface area contributed by atoms with E-state index in [1.54, 1.807) is 32.4 Å². The molecule has 6 heteroatoms. The molecule has 1 saturated heterocycles. The van der Waals surface area contributed by atoms with Crippen LogP contribution in [0.15, 0.2) is 42.5 Å². The van der Waals surface area contributed by atoms with Crippen LogP contribution in [0.3, 0.4) is 0 Å². The number of carbonyl (C=O) groups excluding carboxylic acids is 1. The summed E-state index contributed by atoms with van der Waals surface area (Å²) in [6.45, 7) is 1.65. The van der Waals surface area contributed by atoms with Crippen molar-refractivity contribution in [1.29, 1.82) is 0 Å². The molecule has 0 radical (unpaired) electrons. The van der Waals surface area contributed by atoms with Crippen molar-refractivity contribution < 1.29 is 19.0 Å². The summed E-state index contributed by atoms with van der Waals surface area (Å²) in [5.74, 6) is 0.925. The van der Waals surface area contributed by atoms with Crippen molar-refractivity contribution in [3.05, 3.63) is 48.0 Å². The summed E-state index contributed by atoms with van der Waals surface area (Å²) in [5, 5.41) is 6.24. The number of ether oxygens (including phenoxy) is 3. The second kappa shape index (κ2) is 8.58.